The van der Waals surface area contributed by atoms with Gasteiger partial charge >= 0.3 is 0 Å². The number of benzene rings is 1. The number of para-hydroxylation sites is 1. The fraction of sp³-hybridized carbons (Fsp3) is 0.350. The van der Waals surface area contributed by atoms with E-state index < -0.39 is 0 Å². The molecule has 1 amide bonds. The second kappa shape index (κ2) is 8.87. The first-order valence-electron chi connectivity index (χ1n) is 8.96. The van der Waals surface area contributed by atoms with Gasteiger partial charge in [0, 0.05) is 25.2 Å². The highest BCUT2D eigenvalue weighted by Gasteiger charge is 2.23. The molecular weight excluding hydrogens is 378 g/mol. The van der Waals surface area contributed by atoms with Crippen LogP contribution >= 0.6 is 11.3 Å². The molecule has 0 bridgehead atoms. The second-order valence-corrected chi connectivity index (χ2v) is 7.13. The molecule has 0 spiro atoms. The molecule has 0 aliphatic carbocycles. The molecule has 1 aliphatic heterocycles. The normalized spacial score (nSPS) is 15.9. The number of morpholine rings is 1. The quantitative estimate of drug-likeness (QED) is 0.738. The Labute approximate surface area is 166 Å². The third-order valence-electron chi connectivity index (χ3n) is 4.49. The lowest BCUT2D eigenvalue weighted by Crippen LogP contribution is -2.42. The van der Waals surface area contributed by atoms with E-state index in [-0.39, 0.29) is 17.0 Å². The van der Waals surface area contributed by atoms with E-state index in [2.05, 4.69) is 0 Å². The van der Waals surface area contributed by atoms with E-state index in [4.69, 9.17) is 9.47 Å². The van der Waals surface area contributed by atoms with E-state index in [0.29, 0.717) is 47.8 Å². The molecule has 7 nitrogen and oxygen atoms in total. The summed E-state index contributed by atoms with van der Waals surface area (Å²) in [4.78, 5) is 27.3. The summed E-state index contributed by atoms with van der Waals surface area (Å²) in [7, 11) is 1.57. The Morgan fingerprint density at radius 2 is 2.07 bits per heavy atom. The van der Waals surface area contributed by atoms with Crippen LogP contribution in [0.5, 0.6) is 5.75 Å². The van der Waals surface area contributed by atoms with Gasteiger partial charge in [0.1, 0.15) is 16.5 Å². The number of methoxy groups -OCH3 is 1. The molecule has 28 heavy (non-hydrogen) atoms. The van der Waals surface area contributed by atoms with Gasteiger partial charge in [0.2, 0.25) is 0 Å². The third kappa shape index (κ3) is 3.86. The molecule has 1 aromatic carbocycles. The molecular formula is C20H21N3O4S. The highest BCUT2D eigenvalue weighted by molar-refractivity contribution is 7.07. The van der Waals surface area contributed by atoms with Crippen LogP contribution in [0.15, 0.2) is 29.1 Å². The Kier molecular flexibility index (Phi) is 6.29. The SMILES string of the molecule is CCn1c(=C(C#N)C(=O)N2CCOCC2)sc(=Cc2ccccc2OC)c1=O. The van der Waals surface area contributed by atoms with E-state index >= 15 is 0 Å². The maximum atomic E-state index is 12.9. The average molecular weight is 399 g/mol. The molecule has 3 rings (SSSR count). The topological polar surface area (TPSA) is 84.6 Å². The maximum absolute atomic E-state index is 12.9. The Hall–Kier alpha value is -2.89. The van der Waals surface area contributed by atoms with Crippen LogP contribution < -0.4 is 19.5 Å². The van der Waals surface area contributed by atoms with Crippen LogP contribution in [0.2, 0.25) is 0 Å². The van der Waals surface area contributed by atoms with Gasteiger partial charge in [0.05, 0.1) is 24.9 Å². The van der Waals surface area contributed by atoms with Crippen molar-refractivity contribution in [3.8, 4) is 11.8 Å². The van der Waals surface area contributed by atoms with Gasteiger partial charge in [-0.2, -0.15) is 5.26 Å². The number of nitriles is 1. The van der Waals surface area contributed by atoms with Gasteiger partial charge in [0.15, 0.2) is 5.57 Å². The number of aromatic nitrogens is 1. The highest BCUT2D eigenvalue weighted by atomic mass is 32.1. The first-order valence-corrected chi connectivity index (χ1v) is 9.78. The van der Waals surface area contributed by atoms with Crippen LogP contribution in [-0.4, -0.2) is 48.8 Å². The Bertz CT molecular complexity index is 1090. The average Bonchev–Trinajstić information content (AvgIpc) is 3.04. The highest BCUT2D eigenvalue weighted by Crippen LogP contribution is 2.17. The standard InChI is InChI=1S/C20H21N3O4S/c1-3-23-19(25)17(12-14-6-4-5-7-16(14)26-2)28-20(23)15(13-21)18(24)22-8-10-27-11-9-22/h4-7,12H,3,8-11H2,1-2H3. The van der Waals surface area contributed by atoms with Gasteiger partial charge in [-0.05, 0) is 19.1 Å². The van der Waals surface area contributed by atoms with Crippen LogP contribution in [0.4, 0.5) is 0 Å². The predicted molar refractivity (Wildman–Crippen MR) is 106 cm³/mol. The van der Waals surface area contributed by atoms with Gasteiger partial charge in [-0.25, -0.2) is 0 Å². The molecule has 2 aromatic rings. The van der Waals surface area contributed by atoms with Crippen LogP contribution in [0.1, 0.15) is 12.5 Å². The number of ether oxygens (including phenoxy) is 2. The van der Waals surface area contributed by atoms with Gasteiger partial charge in [-0.15, -0.1) is 11.3 Å². The first kappa shape index (κ1) is 19.9. The van der Waals surface area contributed by atoms with E-state index in [9.17, 15) is 14.9 Å². The molecule has 1 aliphatic rings. The number of thiazole rings is 1. The second-order valence-electron chi connectivity index (χ2n) is 6.10. The molecule has 146 valence electrons. The lowest BCUT2D eigenvalue weighted by molar-refractivity contribution is -0.128. The Morgan fingerprint density at radius 1 is 1.36 bits per heavy atom. The van der Waals surface area contributed by atoms with Crippen molar-refractivity contribution in [2.75, 3.05) is 33.4 Å². The molecule has 2 heterocycles. The van der Waals surface area contributed by atoms with E-state index in [1.165, 1.54) is 4.57 Å². The summed E-state index contributed by atoms with van der Waals surface area (Å²) in [6.07, 6.45) is 1.73. The predicted octanol–water partition coefficient (Wildman–Crippen LogP) is 0.300. The molecule has 1 aromatic heterocycles. The zero-order chi connectivity index (χ0) is 20.1. The molecule has 0 saturated carbocycles. The van der Waals surface area contributed by atoms with Crippen molar-refractivity contribution in [2.24, 2.45) is 0 Å². The summed E-state index contributed by atoms with van der Waals surface area (Å²) >= 11 is 1.15. The minimum Gasteiger partial charge on any atom is -0.496 e. The molecule has 0 N–H and O–H groups in total. The van der Waals surface area contributed by atoms with Crippen molar-refractivity contribution in [3.05, 3.63) is 49.4 Å². The summed E-state index contributed by atoms with van der Waals surface area (Å²) in [6, 6.07) is 9.38. The number of amides is 1. The van der Waals surface area contributed by atoms with Gasteiger partial charge in [-0.1, -0.05) is 18.2 Å². The monoisotopic (exact) mass is 399 g/mol. The van der Waals surface area contributed by atoms with Crippen molar-refractivity contribution in [1.82, 2.24) is 9.47 Å². The van der Waals surface area contributed by atoms with Crippen LogP contribution in [0, 0.1) is 11.3 Å². The third-order valence-corrected chi connectivity index (χ3v) is 5.62. The molecule has 1 saturated heterocycles. The number of carbonyl (C=O) groups is 1. The van der Waals surface area contributed by atoms with E-state index in [1.807, 2.05) is 37.3 Å². The molecule has 8 heteroatoms. The van der Waals surface area contributed by atoms with Gasteiger partial charge < -0.3 is 14.4 Å². The van der Waals surface area contributed by atoms with Crippen LogP contribution in [-0.2, 0) is 16.1 Å². The molecule has 0 unspecified atom stereocenters. The van der Waals surface area contributed by atoms with Gasteiger partial charge in [-0.3, -0.25) is 14.2 Å². The summed E-state index contributed by atoms with van der Waals surface area (Å²) < 4.78 is 12.9. The smallest absolute Gasteiger partial charge is 0.269 e. The van der Waals surface area contributed by atoms with Crippen molar-refractivity contribution < 1.29 is 14.3 Å². The van der Waals surface area contributed by atoms with Crippen LogP contribution in [0.25, 0.3) is 11.6 Å². The molecule has 0 atom stereocenters. The van der Waals surface area contributed by atoms with E-state index in [0.717, 1.165) is 16.9 Å². The maximum Gasteiger partial charge on any atom is 0.269 e. The Balaban J connectivity index is 2.19. The number of rotatable bonds is 4. The fourth-order valence-corrected chi connectivity index (χ4v) is 4.18. The summed E-state index contributed by atoms with van der Waals surface area (Å²) in [5, 5.41) is 9.67. The molecule has 0 radical (unpaired) electrons. The fourth-order valence-electron chi connectivity index (χ4n) is 3.03. The van der Waals surface area contributed by atoms with Crippen molar-refractivity contribution in [2.45, 2.75) is 13.5 Å². The first-order chi connectivity index (χ1) is 13.6. The van der Waals surface area contributed by atoms with E-state index in [1.54, 1.807) is 18.1 Å². The van der Waals surface area contributed by atoms with Gasteiger partial charge in [0.25, 0.3) is 11.5 Å². The summed E-state index contributed by atoms with van der Waals surface area (Å²) in [5.41, 5.74) is 0.526. The minimum atomic E-state index is -0.363. The lowest BCUT2D eigenvalue weighted by Gasteiger charge is -2.26. The summed E-state index contributed by atoms with van der Waals surface area (Å²) in [5.74, 6) is 0.284. The number of hydrogen-bond acceptors (Lipinski definition) is 6. The lowest BCUT2D eigenvalue weighted by atomic mass is 10.2. The Morgan fingerprint density at radius 3 is 2.71 bits per heavy atom. The number of hydrogen-bond donors (Lipinski definition) is 0. The van der Waals surface area contributed by atoms with Crippen molar-refractivity contribution >= 4 is 28.9 Å². The minimum absolute atomic E-state index is 0.00877. The van der Waals surface area contributed by atoms with Crippen molar-refractivity contribution in [3.63, 3.8) is 0 Å². The zero-order valence-electron chi connectivity index (χ0n) is 15.8. The van der Waals surface area contributed by atoms with Crippen LogP contribution in [0.3, 0.4) is 0 Å². The largest absolute Gasteiger partial charge is 0.496 e. The summed E-state index contributed by atoms with van der Waals surface area (Å²) in [6.45, 7) is 3.95. The number of carbonyl (C=O) groups excluding carboxylic acids is 1. The molecule has 1 fully saturated rings. The van der Waals surface area contributed by atoms with Crippen molar-refractivity contribution in [1.29, 1.82) is 5.26 Å². The number of nitrogens with zero attached hydrogens (tertiary/aromatic N) is 3. The zero-order valence-corrected chi connectivity index (χ0v) is 16.6.